The van der Waals surface area contributed by atoms with Crippen LogP contribution in [0, 0.1) is 0 Å². The Balaban J connectivity index is 3.97. The van der Waals surface area contributed by atoms with Gasteiger partial charge in [0.05, 0.1) is 0 Å². The zero-order valence-corrected chi connectivity index (χ0v) is 6.30. The summed E-state index contributed by atoms with van der Waals surface area (Å²) in [6.45, 7) is 0. The predicted molar refractivity (Wildman–Crippen MR) is 38.5 cm³/mol. The molecule has 0 saturated heterocycles. The molecule has 0 aromatic carbocycles. The van der Waals surface area contributed by atoms with Crippen molar-refractivity contribution in [3.63, 3.8) is 0 Å². The van der Waals surface area contributed by atoms with E-state index in [1.54, 1.807) is 0 Å². The lowest BCUT2D eigenvalue weighted by Crippen LogP contribution is -2.50. The van der Waals surface area contributed by atoms with Gasteiger partial charge >= 0.3 is 11.9 Å². The van der Waals surface area contributed by atoms with Crippen molar-refractivity contribution in [3.05, 3.63) is 0 Å². The van der Waals surface area contributed by atoms with Crippen molar-refractivity contribution in [1.29, 1.82) is 0 Å². The molecule has 0 aliphatic carbocycles. The highest BCUT2D eigenvalue weighted by Crippen LogP contribution is 2.00. The van der Waals surface area contributed by atoms with E-state index >= 15 is 0 Å². The zero-order valence-electron chi connectivity index (χ0n) is 6.30. The molecule has 0 aliphatic heterocycles. The van der Waals surface area contributed by atoms with E-state index in [1.807, 2.05) is 0 Å². The van der Waals surface area contributed by atoms with Gasteiger partial charge in [0.2, 0.25) is 0 Å². The lowest BCUT2D eigenvalue weighted by Gasteiger charge is -2.17. The first-order chi connectivity index (χ1) is 5.45. The van der Waals surface area contributed by atoms with Crippen molar-refractivity contribution in [2.24, 2.45) is 11.7 Å². The van der Waals surface area contributed by atoms with E-state index in [4.69, 9.17) is 21.9 Å². The molecule has 0 rings (SSSR count). The average molecular weight is 177 g/mol. The number of carbonyl (C=O) groups is 2. The Kier molecular flexibility index (Phi) is 4.19. The second-order valence-corrected chi connectivity index (χ2v) is 2.23. The predicted octanol–water partition coefficient (Wildman–Crippen LogP) is -1.65. The topological polar surface area (TPSA) is 130 Å². The molecule has 7 heteroatoms. The maximum atomic E-state index is 10.4. The first-order valence-corrected chi connectivity index (χ1v) is 3.18. The molecular weight excluding hydrogens is 166 g/mol. The first kappa shape index (κ1) is 10.8. The van der Waals surface area contributed by atoms with Gasteiger partial charge in [0.25, 0.3) is 0 Å². The zero-order chi connectivity index (χ0) is 9.72. The minimum atomic E-state index is -1.23. The van der Waals surface area contributed by atoms with Gasteiger partial charge in [-0.3, -0.25) is 21.3 Å². The molecule has 7 nitrogen and oxygen atoms in total. The minimum Gasteiger partial charge on any atom is -0.481 e. The quantitative estimate of drug-likeness (QED) is 0.292. The van der Waals surface area contributed by atoms with Crippen LogP contribution in [0.4, 0.5) is 0 Å². The molecular formula is C5H11N3O4. The van der Waals surface area contributed by atoms with Crippen LogP contribution in [-0.4, -0.2) is 33.3 Å². The van der Waals surface area contributed by atoms with E-state index in [1.165, 1.54) is 0 Å². The number of hydrogen-bond acceptors (Lipinski definition) is 5. The molecule has 0 saturated carbocycles. The molecule has 70 valence electrons. The number of nitrogens with two attached hydrogens (primary N) is 2. The molecule has 0 aliphatic rings. The highest BCUT2D eigenvalue weighted by atomic mass is 16.4. The molecule has 0 spiro atoms. The van der Waals surface area contributed by atoms with Crippen LogP contribution in [0.1, 0.15) is 12.8 Å². The summed E-state index contributed by atoms with van der Waals surface area (Å²) >= 11 is 0. The number of rotatable bonds is 5. The second kappa shape index (κ2) is 4.65. The van der Waals surface area contributed by atoms with Crippen molar-refractivity contribution < 1.29 is 19.8 Å². The van der Waals surface area contributed by atoms with Gasteiger partial charge in [0.1, 0.15) is 6.04 Å². The molecule has 0 heterocycles. The molecule has 12 heavy (non-hydrogen) atoms. The van der Waals surface area contributed by atoms with E-state index in [0.717, 1.165) is 0 Å². The third kappa shape index (κ3) is 3.86. The van der Waals surface area contributed by atoms with E-state index in [0.29, 0.717) is 5.12 Å². The molecule has 0 bridgehead atoms. The van der Waals surface area contributed by atoms with Crippen LogP contribution in [0.2, 0.25) is 0 Å². The van der Waals surface area contributed by atoms with Crippen LogP contribution in [-0.2, 0) is 9.59 Å². The van der Waals surface area contributed by atoms with Crippen LogP contribution in [0.15, 0.2) is 0 Å². The summed E-state index contributed by atoms with van der Waals surface area (Å²) in [5.41, 5.74) is 0. The fraction of sp³-hybridized carbons (Fsp3) is 0.600. The van der Waals surface area contributed by atoms with Gasteiger partial charge < -0.3 is 10.2 Å². The molecule has 0 radical (unpaired) electrons. The largest absolute Gasteiger partial charge is 0.481 e. The molecule has 1 atom stereocenters. The number of nitrogens with zero attached hydrogens (tertiary/aromatic N) is 1. The summed E-state index contributed by atoms with van der Waals surface area (Å²) in [6, 6.07) is -1.15. The van der Waals surface area contributed by atoms with Crippen LogP contribution in [0.5, 0.6) is 0 Å². The summed E-state index contributed by atoms with van der Waals surface area (Å²) in [4.78, 5) is 20.4. The number of aliphatic carboxylic acids is 2. The Hall–Kier alpha value is -1.18. The van der Waals surface area contributed by atoms with Crippen molar-refractivity contribution in [3.8, 4) is 0 Å². The molecule has 0 amide bonds. The fourth-order valence-corrected chi connectivity index (χ4v) is 0.660. The summed E-state index contributed by atoms with van der Waals surface area (Å²) in [7, 11) is 0. The number of hydrazine groups is 2. The third-order valence-corrected chi connectivity index (χ3v) is 1.28. The Morgan fingerprint density at radius 2 is 1.83 bits per heavy atom. The molecule has 0 aromatic heterocycles. The van der Waals surface area contributed by atoms with E-state index in [9.17, 15) is 9.59 Å². The van der Waals surface area contributed by atoms with Crippen molar-refractivity contribution >= 4 is 11.9 Å². The Morgan fingerprint density at radius 1 is 1.33 bits per heavy atom. The fourth-order valence-electron chi connectivity index (χ4n) is 0.660. The Labute approximate surface area is 68.5 Å². The van der Waals surface area contributed by atoms with Gasteiger partial charge in [-0.25, -0.2) is 0 Å². The highest BCUT2D eigenvalue weighted by molar-refractivity contribution is 5.74. The molecule has 6 N–H and O–H groups in total. The van der Waals surface area contributed by atoms with Gasteiger partial charge in [-0.2, -0.15) is 5.12 Å². The van der Waals surface area contributed by atoms with E-state index < -0.39 is 18.0 Å². The average Bonchev–Trinajstić information content (AvgIpc) is 1.84. The standard InChI is InChI=1S/C5H11N3O4/c6-8(7)3(5(11)12)1-2-4(9)10/h3H,1-2,6-7H2,(H,9,10)(H,11,12)/t3-/m0/s1. The van der Waals surface area contributed by atoms with Crippen molar-refractivity contribution in [1.82, 2.24) is 5.12 Å². The summed E-state index contributed by atoms with van der Waals surface area (Å²) in [5, 5.41) is 17.2. The van der Waals surface area contributed by atoms with E-state index in [-0.39, 0.29) is 12.8 Å². The molecule has 0 aromatic rings. The van der Waals surface area contributed by atoms with Gasteiger partial charge in [0, 0.05) is 6.42 Å². The summed E-state index contributed by atoms with van der Waals surface area (Å²) in [5.74, 6) is 7.61. The molecule has 0 fully saturated rings. The van der Waals surface area contributed by atoms with Crippen LogP contribution in [0.3, 0.4) is 0 Å². The maximum Gasteiger partial charge on any atom is 0.323 e. The lowest BCUT2D eigenvalue weighted by molar-refractivity contribution is -0.144. The van der Waals surface area contributed by atoms with E-state index in [2.05, 4.69) is 0 Å². The van der Waals surface area contributed by atoms with Crippen LogP contribution in [0.25, 0.3) is 0 Å². The van der Waals surface area contributed by atoms with Gasteiger partial charge in [-0.15, -0.1) is 0 Å². The van der Waals surface area contributed by atoms with Crippen molar-refractivity contribution in [2.45, 2.75) is 18.9 Å². The summed E-state index contributed by atoms with van der Waals surface area (Å²) < 4.78 is 0. The highest BCUT2D eigenvalue weighted by Gasteiger charge is 2.21. The van der Waals surface area contributed by atoms with Crippen LogP contribution < -0.4 is 11.7 Å². The van der Waals surface area contributed by atoms with Gasteiger partial charge in [-0.1, -0.05) is 0 Å². The van der Waals surface area contributed by atoms with Gasteiger partial charge in [-0.05, 0) is 6.42 Å². The normalized spacial score (nSPS) is 12.9. The number of carboxylic acids is 2. The SMILES string of the molecule is NN(N)[C@@H](CCC(=O)O)C(=O)O. The van der Waals surface area contributed by atoms with Gasteiger partial charge in [0.15, 0.2) is 0 Å². The Morgan fingerprint density at radius 3 is 2.08 bits per heavy atom. The number of hydrogen-bond donors (Lipinski definition) is 4. The first-order valence-electron chi connectivity index (χ1n) is 3.18. The smallest absolute Gasteiger partial charge is 0.323 e. The third-order valence-electron chi connectivity index (χ3n) is 1.28. The second-order valence-electron chi connectivity index (χ2n) is 2.23. The van der Waals surface area contributed by atoms with Crippen LogP contribution >= 0.6 is 0 Å². The maximum absolute atomic E-state index is 10.4. The Bertz CT molecular complexity index is 182. The minimum absolute atomic E-state index is 0.113. The molecule has 0 unspecified atom stereocenters. The summed E-state index contributed by atoms with van der Waals surface area (Å²) in [6.07, 6.45) is -0.389. The van der Waals surface area contributed by atoms with Crippen molar-refractivity contribution in [2.75, 3.05) is 0 Å². The number of carboxylic acid groups (broad SMARTS) is 2. The lowest BCUT2D eigenvalue weighted by atomic mass is 10.1. The monoisotopic (exact) mass is 177 g/mol.